The van der Waals surface area contributed by atoms with E-state index in [9.17, 15) is 4.39 Å². The number of thiazole rings is 1. The molecule has 3 aromatic carbocycles. The molecule has 0 amide bonds. The Morgan fingerprint density at radius 1 is 1.00 bits per heavy atom. The predicted octanol–water partition coefficient (Wildman–Crippen LogP) is 6.43. The normalized spacial score (nSPS) is 12.0. The number of hydrogen-bond donors (Lipinski definition) is 0. The Balaban J connectivity index is 1.84. The highest BCUT2D eigenvalue weighted by Gasteiger charge is 2.08. The summed E-state index contributed by atoms with van der Waals surface area (Å²) in [6, 6.07) is 21.8. The number of aromatic nitrogens is 1. The molecule has 1 heterocycles. The third-order valence-corrected chi connectivity index (χ3v) is 5.29. The van der Waals surface area contributed by atoms with E-state index in [0.717, 1.165) is 22.5 Å². The van der Waals surface area contributed by atoms with Gasteiger partial charge in [-0.2, -0.15) is 5.10 Å². The van der Waals surface area contributed by atoms with Crippen LogP contribution in [0.4, 0.5) is 10.1 Å². The lowest BCUT2D eigenvalue weighted by Gasteiger charge is -2.04. The van der Waals surface area contributed by atoms with Crippen molar-refractivity contribution < 1.29 is 4.39 Å². The highest BCUT2D eigenvalue weighted by Crippen LogP contribution is 2.23. The first-order valence-corrected chi connectivity index (χ1v) is 10.2. The minimum Gasteiger partial charge on any atom is -0.220 e. The predicted molar refractivity (Wildman–Crippen MR) is 119 cm³/mol. The van der Waals surface area contributed by atoms with Crippen molar-refractivity contribution in [1.29, 1.82) is 0 Å². The Hall–Kier alpha value is -3.02. The van der Waals surface area contributed by atoms with Crippen molar-refractivity contribution in [2.24, 2.45) is 10.1 Å². The van der Waals surface area contributed by atoms with Crippen LogP contribution < -0.4 is 4.80 Å². The Labute approximate surface area is 177 Å². The van der Waals surface area contributed by atoms with Crippen LogP contribution in [0.1, 0.15) is 11.1 Å². The van der Waals surface area contributed by atoms with E-state index in [1.54, 1.807) is 23.0 Å². The maximum absolute atomic E-state index is 13.5. The van der Waals surface area contributed by atoms with E-state index in [-0.39, 0.29) is 5.82 Å². The summed E-state index contributed by atoms with van der Waals surface area (Å²) in [4.78, 5) is 5.48. The number of aryl methyl sites for hydroxylation is 1. The summed E-state index contributed by atoms with van der Waals surface area (Å²) in [5.41, 5.74) is 4.51. The van der Waals surface area contributed by atoms with Crippen molar-refractivity contribution in [3.8, 4) is 11.3 Å². The van der Waals surface area contributed by atoms with Gasteiger partial charge in [0.2, 0.25) is 4.80 Å². The van der Waals surface area contributed by atoms with Gasteiger partial charge in [-0.05, 0) is 54.4 Å². The molecule has 0 aliphatic rings. The summed E-state index contributed by atoms with van der Waals surface area (Å²) < 4.78 is 15.3. The molecule has 0 saturated heterocycles. The van der Waals surface area contributed by atoms with Crippen molar-refractivity contribution in [2.45, 2.75) is 6.92 Å². The van der Waals surface area contributed by atoms with Crippen molar-refractivity contribution in [1.82, 2.24) is 4.68 Å². The second kappa shape index (κ2) is 8.55. The van der Waals surface area contributed by atoms with Crippen LogP contribution in [-0.4, -0.2) is 10.9 Å². The van der Waals surface area contributed by atoms with Gasteiger partial charge < -0.3 is 0 Å². The van der Waals surface area contributed by atoms with E-state index >= 15 is 0 Å². The summed E-state index contributed by atoms with van der Waals surface area (Å²) in [7, 11) is 0. The molecule has 6 heteroatoms. The zero-order valence-electron chi connectivity index (χ0n) is 15.6. The van der Waals surface area contributed by atoms with Gasteiger partial charge in [0.05, 0.1) is 17.6 Å². The van der Waals surface area contributed by atoms with E-state index in [1.807, 2.05) is 60.8 Å². The third kappa shape index (κ3) is 4.70. The number of rotatable bonds is 4. The number of hydrogen-bond acceptors (Lipinski definition) is 3. The number of nitrogens with zero attached hydrogens (tertiary/aromatic N) is 3. The van der Waals surface area contributed by atoms with E-state index in [2.05, 4.69) is 5.10 Å². The van der Waals surface area contributed by atoms with Gasteiger partial charge in [0, 0.05) is 16.0 Å². The van der Waals surface area contributed by atoms with Gasteiger partial charge in [-0.25, -0.2) is 14.1 Å². The van der Waals surface area contributed by atoms with Crippen LogP contribution in [0.5, 0.6) is 0 Å². The first-order valence-electron chi connectivity index (χ1n) is 8.96. The lowest BCUT2D eigenvalue weighted by Crippen LogP contribution is -2.11. The molecular formula is C23H17ClFN3S. The lowest BCUT2D eigenvalue weighted by molar-refractivity contribution is 0.627. The summed E-state index contributed by atoms with van der Waals surface area (Å²) in [5, 5.41) is 7.27. The maximum Gasteiger partial charge on any atom is 0.211 e. The minimum atomic E-state index is -0.299. The highest BCUT2D eigenvalue weighted by atomic mass is 35.5. The Kier molecular flexibility index (Phi) is 5.69. The SMILES string of the molecule is Cc1cccc(N=c2scc(-c3ccc(Cl)cc3)n2N=Cc2cccc(F)c2)c1. The second-order valence-electron chi connectivity index (χ2n) is 6.47. The van der Waals surface area contributed by atoms with E-state index in [4.69, 9.17) is 16.6 Å². The van der Waals surface area contributed by atoms with Gasteiger partial charge in [0.25, 0.3) is 0 Å². The zero-order chi connectivity index (χ0) is 20.2. The molecule has 0 bridgehead atoms. The average molecular weight is 422 g/mol. The van der Waals surface area contributed by atoms with Crippen LogP contribution >= 0.6 is 22.9 Å². The maximum atomic E-state index is 13.5. The fourth-order valence-electron chi connectivity index (χ4n) is 2.83. The van der Waals surface area contributed by atoms with Crippen LogP contribution in [-0.2, 0) is 0 Å². The second-order valence-corrected chi connectivity index (χ2v) is 7.75. The van der Waals surface area contributed by atoms with Gasteiger partial charge in [0.1, 0.15) is 5.82 Å². The van der Waals surface area contributed by atoms with Crippen LogP contribution in [0.3, 0.4) is 0 Å². The fourth-order valence-corrected chi connectivity index (χ4v) is 3.81. The van der Waals surface area contributed by atoms with Gasteiger partial charge >= 0.3 is 0 Å². The topological polar surface area (TPSA) is 29.6 Å². The van der Waals surface area contributed by atoms with E-state index in [0.29, 0.717) is 15.4 Å². The van der Waals surface area contributed by atoms with Gasteiger partial charge in [0.15, 0.2) is 0 Å². The Morgan fingerprint density at radius 3 is 2.55 bits per heavy atom. The van der Waals surface area contributed by atoms with E-state index < -0.39 is 0 Å². The third-order valence-electron chi connectivity index (χ3n) is 4.22. The molecule has 4 aromatic rings. The van der Waals surface area contributed by atoms with E-state index in [1.165, 1.54) is 23.5 Å². The molecule has 0 N–H and O–H groups in total. The molecule has 144 valence electrons. The Morgan fingerprint density at radius 2 is 1.79 bits per heavy atom. The first-order chi connectivity index (χ1) is 14.1. The molecule has 29 heavy (non-hydrogen) atoms. The van der Waals surface area contributed by atoms with Crippen molar-refractivity contribution in [2.75, 3.05) is 0 Å². The molecule has 4 rings (SSSR count). The largest absolute Gasteiger partial charge is 0.220 e. The molecule has 0 saturated carbocycles. The van der Waals surface area contributed by atoms with Gasteiger partial charge in [-0.3, -0.25) is 0 Å². The fraction of sp³-hybridized carbons (Fsp3) is 0.0435. The molecule has 0 radical (unpaired) electrons. The monoisotopic (exact) mass is 421 g/mol. The molecule has 0 fully saturated rings. The van der Waals surface area contributed by atoms with Gasteiger partial charge in [-0.1, -0.05) is 48.0 Å². The molecule has 3 nitrogen and oxygen atoms in total. The summed E-state index contributed by atoms with van der Waals surface area (Å²) in [5.74, 6) is -0.299. The summed E-state index contributed by atoms with van der Waals surface area (Å²) in [6.45, 7) is 2.03. The molecule has 0 unspecified atom stereocenters. The van der Waals surface area contributed by atoms with Crippen molar-refractivity contribution in [3.63, 3.8) is 0 Å². The Bertz CT molecular complexity index is 1240. The van der Waals surface area contributed by atoms with Crippen molar-refractivity contribution >= 4 is 34.8 Å². The molecule has 0 aliphatic heterocycles. The number of halogens is 2. The number of benzene rings is 3. The zero-order valence-corrected chi connectivity index (χ0v) is 17.2. The summed E-state index contributed by atoms with van der Waals surface area (Å²) in [6.07, 6.45) is 1.63. The summed E-state index contributed by atoms with van der Waals surface area (Å²) >= 11 is 7.52. The molecular weight excluding hydrogens is 405 g/mol. The lowest BCUT2D eigenvalue weighted by atomic mass is 10.2. The van der Waals surface area contributed by atoms with Crippen LogP contribution in [0, 0.1) is 12.7 Å². The molecule has 0 aliphatic carbocycles. The standard InChI is InChI=1S/C23H17ClFN3S/c1-16-4-2-7-21(12-16)27-23-28(26-14-17-5-3-6-20(25)13-17)22(15-29-23)18-8-10-19(24)11-9-18/h2-15H,1H3. The average Bonchev–Trinajstić information content (AvgIpc) is 3.09. The molecule has 0 spiro atoms. The van der Waals surface area contributed by atoms with Crippen molar-refractivity contribution in [3.05, 3.63) is 105 Å². The smallest absolute Gasteiger partial charge is 0.211 e. The quantitative estimate of drug-likeness (QED) is 0.340. The van der Waals surface area contributed by atoms with Crippen LogP contribution in [0.25, 0.3) is 11.3 Å². The minimum absolute atomic E-state index is 0.299. The first kappa shape index (κ1) is 19.3. The van der Waals surface area contributed by atoms with Crippen LogP contribution in [0.2, 0.25) is 5.02 Å². The molecule has 0 atom stereocenters. The van der Waals surface area contributed by atoms with Gasteiger partial charge in [-0.15, -0.1) is 11.3 Å². The highest BCUT2D eigenvalue weighted by molar-refractivity contribution is 7.07. The van der Waals surface area contributed by atoms with Crippen LogP contribution in [0.15, 0.2) is 88.3 Å². The molecule has 1 aromatic heterocycles.